The number of methoxy groups -OCH3 is 1. The highest BCUT2D eigenvalue weighted by Crippen LogP contribution is 2.42. The summed E-state index contributed by atoms with van der Waals surface area (Å²) in [5.74, 6) is -0.671. The number of H-pyrrole nitrogens is 1. The van der Waals surface area contributed by atoms with E-state index in [1.54, 1.807) is 36.4 Å². The quantitative estimate of drug-likeness (QED) is 0.425. The van der Waals surface area contributed by atoms with E-state index in [9.17, 15) is 8.78 Å². The Morgan fingerprint density at radius 1 is 1.22 bits per heavy atom. The standard InChI is InChI=1S/C23H21ClF2N4O2/c1-27-19-5-3-4-15(28-19)13-32-16-6-7-17(18(12-16)31-2)20-21(24)30-22(29-20)14-8-10-23(25,26)11-9-14/h3-7,12,14H,8-11,13H2,2H3,(H,29,30). The van der Waals surface area contributed by atoms with Crippen LogP contribution >= 0.6 is 11.6 Å². The molecule has 0 amide bonds. The van der Waals surface area contributed by atoms with Crippen molar-refractivity contribution in [3.8, 4) is 22.8 Å². The Labute approximate surface area is 189 Å². The molecular weight excluding hydrogens is 438 g/mol. The number of benzene rings is 1. The molecule has 0 unspecified atom stereocenters. The van der Waals surface area contributed by atoms with Crippen molar-refractivity contribution < 1.29 is 18.3 Å². The molecular formula is C23H21ClF2N4O2. The molecule has 0 radical (unpaired) electrons. The fraction of sp³-hybridized carbons (Fsp3) is 0.348. The van der Waals surface area contributed by atoms with Gasteiger partial charge in [0, 0.05) is 30.4 Å². The summed E-state index contributed by atoms with van der Waals surface area (Å²) in [4.78, 5) is 15.2. The number of rotatable bonds is 6. The average Bonchev–Trinajstić information content (AvgIpc) is 3.18. The van der Waals surface area contributed by atoms with Crippen LogP contribution in [0.2, 0.25) is 5.15 Å². The van der Waals surface area contributed by atoms with E-state index in [2.05, 4.69) is 19.8 Å². The van der Waals surface area contributed by atoms with Gasteiger partial charge in [0.2, 0.25) is 5.92 Å². The minimum absolute atomic E-state index is 0.0757. The Hall–Kier alpha value is -3.18. The number of hydrogen-bond acceptors (Lipinski definition) is 4. The molecule has 1 aromatic carbocycles. The first-order valence-electron chi connectivity index (χ1n) is 10.2. The molecule has 0 saturated heterocycles. The molecule has 0 atom stereocenters. The largest absolute Gasteiger partial charge is 0.496 e. The minimum atomic E-state index is -2.60. The molecule has 1 saturated carbocycles. The van der Waals surface area contributed by atoms with Crippen LogP contribution in [0.25, 0.3) is 16.1 Å². The van der Waals surface area contributed by atoms with Gasteiger partial charge in [0.15, 0.2) is 12.3 Å². The predicted octanol–water partition coefficient (Wildman–Crippen LogP) is 6.56. The Balaban J connectivity index is 1.52. The summed E-state index contributed by atoms with van der Waals surface area (Å²) < 4.78 is 38.3. The topological polar surface area (TPSA) is 64.4 Å². The van der Waals surface area contributed by atoms with Crippen LogP contribution in [0.3, 0.4) is 0 Å². The fourth-order valence-electron chi connectivity index (χ4n) is 3.78. The molecule has 1 aliphatic rings. The zero-order chi connectivity index (χ0) is 22.7. The summed E-state index contributed by atoms with van der Waals surface area (Å²) in [7, 11) is 1.54. The SMILES string of the molecule is [C-]#[N+]c1cccc(COc2ccc(-c3nc(C4CCC(F)(F)CC4)[nH]c3Cl)c(OC)c2)n1. The fourth-order valence-corrected chi connectivity index (χ4v) is 4.02. The van der Waals surface area contributed by atoms with Crippen molar-refractivity contribution >= 4 is 17.4 Å². The number of pyridine rings is 1. The summed E-state index contributed by atoms with van der Waals surface area (Å²) in [6.45, 7) is 7.25. The maximum Gasteiger partial charge on any atom is 0.269 e. The van der Waals surface area contributed by atoms with Crippen molar-refractivity contribution in [2.24, 2.45) is 0 Å². The number of nitrogens with zero attached hydrogens (tertiary/aromatic N) is 3. The van der Waals surface area contributed by atoms with Crippen molar-refractivity contribution in [1.29, 1.82) is 0 Å². The Morgan fingerprint density at radius 3 is 2.72 bits per heavy atom. The second-order valence-corrected chi connectivity index (χ2v) is 8.04. The van der Waals surface area contributed by atoms with Gasteiger partial charge in [-0.1, -0.05) is 24.2 Å². The highest BCUT2D eigenvalue weighted by Gasteiger charge is 2.36. The molecule has 166 valence electrons. The van der Waals surface area contributed by atoms with Gasteiger partial charge in [-0.25, -0.2) is 13.8 Å². The summed E-state index contributed by atoms with van der Waals surface area (Å²) >= 11 is 6.41. The van der Waals surface area contributed by atoms with E-state index in [1.807, 2.05) is 0 Å². The molecule has 0 spiro atoms. The van der Waals surface area contributed by atoms with Crippen LogP contribution in [0.15, 0.2) is 36.4 Å². The molecule has 2 aromatic heterocycles. The second kappa shape index (κ2) is 9.13. The van der Waals surface area contributed by atoms with Crippen molar-refractivity contribution in [3.63, 3.8) is 0 Å². The third-order valence-corrected chi connectivity index (χ3v) is 5.78. The first-order valence-corrected chi connectivity index (χ1v) is 10.5. The van der Waals surface area contributed by atoms with E-state index in [4.69, 9.17) is 27.6 Å². The lowest BCUT2D eigenvalue weighted by Gasteiger charge is -2.26. The summed E-state index contributed by atoms with van der Waals surface area (Å²) in [6.07, 6.45) is 0.439. The van der Waals surface area contributed by atoms with Gasteiger partial charge >= 0.3 is 0 Å². The zero-order valence-corrected chi connectivity index (χ0v) is 18.1. The maximum absolute atomic E-state index is 13.5. The van der Waals surface area contributed by atoms with Crippen molar-refractivity contribution in [3.05, 3.63) is 64.5 Å². The second-order valence-electron chi connectivity index (χ2n) is 7.66. The van der Waals surface area contributed by atoms with E-state index in [1.165, 1.54) is 7.11 Å². The third kappa shape index (κ3) is 4.83. The lowest BCUT2D eigenvalue weighted by Crippen LogP contribution is -2.24. The Bertz CT molecular complexity index is 1150. The number of hydrogen-bond donors (Lipinski definition) is 1. The van der Waals surface area contributed by atoms with Gasteiger partial charge in [0.1, 0.15) is 28.2 Å². The van der Waals surface area contributed by atoms with Crippen LogP contribution < -0.4 is 9.47 Å². The number of aromatic amines is 1. The molecule has 9 heteroatoms. The minimum Gasteiger partial charge on any atom is -0.496 e. The highest BCUT2D eigenvalue weighted by atomic mass is 35.5. The van der Waals surface area contributed by atoms with Gasteiger partial charge in [-0.05, 0) is 37.1 Å². The van der Waals surface area contributed by atoms with E-state index >= 15 is 0 Å². The van der Waals surface area contributed by atoms with Gasteiger partial charge in [-0.15, -0.1) is 4.98 Å². The van der Waals surface area contributed by atoms with Gasteiger partial charge in [0.05, 0.1) is 7.11 Å². The lowest BCUT2D eigenvalue weighted by atomic mass is 9.86. The van der Waals surface area contributed by atoms with E-state index < -0.39 is 5.92 Å². The molecule has 0 aliphatic heterocycles. The molecule has 1 N–H and O–H groups in total. The average molecular weight is 459 g/mol. The number of imidazole rings is 1. The molecule has 2 heterocycles. The lowest BCUT2D eigenvalue weighted by molar-refractivity contribution is -0.0387. The molecule has 4 rings (SSSR count). The highest BCUT2D eigenvalue weighted by molar-refractivity contribution is 6.32. The van der Waals surface area contributed by atoms with E-state index in [-0.39, 0.29) is 25.4 Å². The summed E-state index contributed by atoms with van der Waals surface area (Å²) in [6, 6.07) is 10.5. The molecule has 3 aromatic rings. The van der Waals surface area contributed by atoms with Crippen LogP contribution in [0.4, 0.5) is 14.6 Å². The Kier molecular flexibility index (Phi) is 6.28. The van der Waals surface area contributed by atoms with Crippen molar-refractivity contribution in [2.75, 3.05) is 7.11 Å². The van der Waals surface area contributed by atoms with Crippen molar-refractivity contribution in [1.82, 2.24) is 15.0 Å². The van der Waals surface area contributed by atoms with Gasteiger partial charge < -0.3 is 19.3 Å². The normalized spacial score (nSPS) is 15.8. The molecule has 0 bridgehead atoms. The van der Waals surface area contributed by atoms with Gasteiger partial charge in [-0.3, -0.25) is 0 Å². The molecule has 1 aliphatic carbocycles. The van der Waals surface area contributed by atoms with Crippen LogP contribution in [-0.4, -0.2) is 28.0 Å². The third-order valence-electron chi connectivity index (χ3n) is 5.50. The smallest absolute Gasteiger partial charge is 0.269 e. The predicted molar refractivity (Wildman–Crippen MR) is 117 cm³/mol. The number of aromatic nitrogens is 3. The summed E-state index contributed by atoms with van der Waals surface area (Å²) in [5, 5.41) is 0.337. The first kappa shape index (κ1) is 22.0. The molecule has 6 nitrogen and oxygen atoms in total. The number of nitrogens with one attached hydrogen (secondary N) is 1. The summed E-state index contributed by atoms with van der Waals surface area (Å²) in [5.41, 5.74) is 1.81. The number of halogens is 3. The zero-order valence-electron chi connectivity index (χ0n) is 17.4. The van der Waals surface area contributed by atoms with Gasteiger partial charge in [-0.2, -0.15) is 0 Å². The monoisotopic (exact) mass is 458 g/mol. The maximum atomic E-state index is 13.5. The Morgan fingerprint density at radius 2 is 2.00 bits per heavy atom. The van der Waals surface area contributed by atoms with Crippen LogP contribution in [-0.2, 0) is 6.61 Å². The molecule has 1 fully saturated rings. The first-order chi connectivity index (χ1) is 15.4. The van der Waals surface area contributed by atoms with E-state index in [0.29, 0.717) is 58.1 Å². The number of alkyl halides is 2. The van der Waals surface area contributed by atoms with Crippen LogP contribution in [0.1, 0.15) is 43.1 Å². The van der Waals surface area contributed by atoms with Crippen LogP contribution in [0.5, 0.6) is 11.5 Å². The van der Waals surface area contributed by atoms with Crippen molar-refractivity contribution in [2.45, 2.75) is 44.1 Å². The van der Waals surface area contributed by atoms with E-state index in [0.717, 1.165) is 0 Å². The van der Waals surface area contributed by atoms with Crippen LogP contribution in [0, 0.1) is 6.57 Å². The number of ether oxygens (including phenoxy) is 2. The van der Waals surface area contributed by atoms with Gasteiger partial charge in [0.25, 0.3) is 5.82 Å². The molecule has 32 heavy (non-hydrogen) atoms.